The van der Waals surface area contributed by atoms with Gasteiger partial charge in [0, 0.05) is 32.2 Å². The van der Waals surface area contributed by atoms with Gasteiger partial charge in [0.25, 0.3) is 0 Å². The second-order valence-corrected chi connectivity index (χ2v) is 7.36. The summed E-state index contributed by atoms with van der Waals surface area (Å²) in [5.41, 5.74) is -0.479. The lowest BCUT2D eigenvalue weighted by Crippen LogP contribution is -2.53. The van der Waals surface area contributed by atoms with Crippen LogP contribution in [0.25, 0.3) is 0 Å². The Kier molecular flexibility index (Phi) is 5.32. The fourth-order valence-corrected chi connectivity index (χ4v) is 2.59. The molecule has 0 aromatic rings. The van der Waals surface area contributed by atoms with Gasteiger partial charge in [-0.05, 0) is 46.5 Å². The number of hydrogen-bond acceptors (Lipinski definition) is 4. The Balaban J connectivity index is 1.69. The van der Waals surface area contributed by atoms with E-state index in [1.807, 2.05) is 25.7 Å². The smallest absolute Gasteiger partial charge is 0.410 e. The summed E-state index contributed by atoms with van der Waals surface area (Å²) in [6.45, 7) is 10.4. The molecule has 1 aliphatic heterocycles. The number of amides is 2. The fraction of sp³-hybridized carbons (Fsp3) is 0.875. The highest BCUT2D eigenvalue weighted by atomic mass is 16.6. The standard InChI is InChI=1S/C16H29N3O3/c1-12(13-5-6-13)17-11-14(20)18-7-9-19(10-8-18)15(21)22-16(2,3)4/h12-13,17H,5-11H2,1-4H3. The Bertz CT molecular complexity index is 407. The van der Waals surface area contributed by atoms with Gasteiger partial charge in [0.1, 0.15) is 5.60 Å². The quantitative estimate of drug-likeness (QED) is 0.854. The van der Waals surface area contributed by atoms with Gasteiger partial charge in [0.15, 0.2) is 0 Å². The van der Waals surface area contributed by atoms with Gasteiger partial charge in [-0.25, -0.2) is 4.79 Å². The van der Waals surface area contributed by atoms with E-state index in [0.717, 1.165) is 5.92 Å². The van der Waals surface area contributed by atoms with Gasteiger partial charge < -0.3 is 19.9 Å². The van der Waals surface area contributed by atoms with Crippen molar-refractivity contribution in [3.63, 3.8) is 0 Å². The van der Waals surface area contributed by atoms with Crippen molar-refractivity contribution in [2.24, 2.45) is 5.92 Å². The fourth-order valence-electron chi connectivity index (χ4n) is 2.59. The molecule has 1 unspecified atom stereocenters. The van der Waals surface area contributed by atoms with Crippen LogP contribution >= 0.6 is 0 Å². The van der Waals surface area contributed by atoms with E-state index in [4.69, 9.17) is 4.74 Å². The van der Waals surface area contributed by atoms with E-state index < -0.39 is 5.60 Å². The van der Waals surface area contributed by atoms with Gasteiger partial charge in [-0.3, -0.25) is 4.79 Å². The molecule has 0 radical (unpaired) electrons. The van der Waals surface area contributed by atoms with Crippen LogP contribution in [-0.2, 0) is 9.53 Å². The van der Waals surface area contributed by atoms with Crippen molar-refractivity contribution in [3.8, 4) is 0 Å². The molecule has 1 aliphatic carbocycles. The van der Waals surface area contributed by atoms with Crippen LogP contribution in [0, 0.1) is 5.92 Å². The summed E-state index contributed by atoms with van der Waals surface area (Å²) in [7, 11) is 0. The van der Waals surface area contributed by atoms with Gasteiger partial charge in [-0.2, -0.15) is 0 Å². The van der Waals surface area contributed by atoms with Crippen molar-refractivity contribution in [2.45, 2.75) is 52.2 Å². The van der Waals surface area contributed by atoms with Crippen LogP contribution in [0.15, 0.2) is 0 Å². The first kappa shape index (κ1) is 17.1. The number of carbonyl (C=O) groups is 2. The zero-order chi connectivity index (χ0) is 16.3. The molecule has 6 nitrogen and oxygen atoms in total. The number of ether oxygens (including phenoxy) is 1. The summed E-state index contributed by atoms with van der Waals surface area (Å²) in [4.78, 5) is 27.7. The molecule has 1 atom stereocenters. The molecule has 0 aromatic heterocycles. The highest BCUT2D eigenvalue weighted by molar-refractivity contribution is 5.78. The van der Waals surface area contributed by atoms with Crippen LogP contribution in [0.5, 0.6) is 0 Å². The lowest BCUT2D eigenvalue weighted by atomic mass is 10.2. The number of hydrogen-bond donors (Lipinski definition) is 1. The Morgan fingerprint density at radius 1 is 1.14 bits per heavy atom. The molecule has 1 saturated carbocycles. The third kappa shape index (κ3) is 5.16. The number of rotatable bonds is 4. The normalized spacial score (nSPS) is 20.7. The Morgan fingerprint density at radius 2 is 1.68 bits per heavy atom. The molecule has 1 heterocycles. The first-order valence-corrected chi connectivity index (χ1v) is 8.25. The Morgan fingerprint density at radius 3 is 2.18 bits per heavy atom. The van der Waals surface area contributed by atoms with Crippen molar-refractivity contribution in [2.75, 3.05) is 32.7 Å². The summed E-state index contributed by atoms with van der Waals surface area (Å²) in [5, 5.41) is 3.31. The highest BCUT2D eigenvalue weighted by Crippen LogP contribution is 2.32. The number of nitrogens with one attached hydrogen (secondary N) is 1. The third-order valence-corrected chi connectivity index (χ3v) is 4.19. The van der Waals surface area contributed by atoms with Crippen molar-refractivity contribution in [1.82, 2.24) is 15.1 Å². The zero-order valence-electron chi connectivity index (χ0n) is 14.2. The maximum atomic E-state index is 12.2. The Hall–Kier alpha value is -1.30. The van der Waals surface area contributed by atoms with Crippen LogP contribution in [0.3, 0.4) is 0 Å². The minimum Gasteiger partial charge on any atom is -0.444 e. The van der Waals surface area contributed by atoms with Crippen LogP contribution in [-0.4, -0.2) is 66.2 Å². The molecule has 126 valence electrons. The maximum Gasteiger partial charge on any atom is 0.410 e. The first-order chi connectivity index (χ1) is 10.3. The molecular weight excluding hydrogens is 282 g/mol. The second kappa shape index (κ2) is 6.86. The molecule has 2 aliphatic rings. The van der Waals surface area contributed by atoms with E-state index in [1.165, 1.54) is 12.8 Å². The molecule has 22 heavy (non-hydrogen) atoms. The topological polar surface area (TPSA) is 61.9 Å². The summed E-state index contributed by atoms with van der Waals surface area (Å²) in [5.74, 6) is 0.869. The van der Waals surface area contributed by atoms with Crippen molar-refractivity contribution >= 4 is 12.0 Å². The minimum absolute atomic E-state index is 0.122. The lowest BCUT2D eigenvalue weighted by molar-refractivity contribution is -0.132. The van der Waals surface area contributed by atoms with E-state index in [2.05, 4.69) is 12.2 Å². The van der Waals surface area contributed by atoms with Crippen LogP contribution < -0.4 is 5.32 Å². The summed E-state index contributed by atoms with van der Waals surface area (Å²) < 4.78 is 5.36. The molecule has 1 N–H and O–H groups in total. The molecule has 1 saturated heterocycles. The second-order valence-electron chi connectivity index (χ2n) is 7.36. The largest absolute Gasteiger partial charge is 0.444 e. The van der Waals surface area contributed by atoms with E-state index in [-0.39, 0.29) is 12.0 Å². The van der Waals surface area contributed by atoms with E-state index >= 15 is 0 Å². The van der Waals surface area contributed by atoms with E-state index in [0.29, 0.717) is 38.8 Å². The first-order valence-electron chi connectivity index (χ1n) is 8.25. The molecule has 0 bridgehead atoms. The monoisotopic (exact) mass is 311 g/mol. The van der Waals surface area contributed by atoms with Crippen molar-refractivity contribution < 1.29 is 14.3 Å². The molecule has 2 rings (SSSR count). The van der Waals surface area contributed by atoms with Gasteiger partial charge in [0.2, 0.25) is 5.91 Å². The average molecular weight is 311 g/mol. The molecule has 2 fully saturated rings. The third-order valence-electron chi connectivity index (χ3n) is 4.19. The molecular formula is C16H29N3O3. The molecule has 6 heteroatoms. The summed E-state index contributed by atoms with van der Waals surface area (Å²) in [6.07, 6.45) is 2.26. The number of piperazine rings is 1. The van der Waals surface area contributed by atoms with Crippen LogP contribution in [0.2, 0.25) is 0 Å². The predicted octanol–water partition coefficient (Wildman–Crippen LogP) is 1.45. The van der Waals surface area contributed by atoms with Gasteiger partial charge in [-0.15, -0.1) is 0 Å². The van der Waals surface area contributed by atoms with Gasteiger partial charge >= 0.3 is 6.09 Å². The van der Waals surface area contributed by atoms with Crippen LogP contribution in [0.4, 0.5) is 4.79 Å². The lowest BCUT2D eigenvalue weighted by Gasteiger charge is -2.35. The molecule has 0 aromatic carbocycles. The van der Waals surface area contributed by atoms with Crippen LogP contribution in [0.1, 0.15) is 40.5 Å². The molecule has 2 amide bonds. The maximum absolute atomic E-state index is 12.2. The minimum atomic E-state index is -0.479. The number of carbonyl (C=O) groups excluding carboxylic acids is 2. The average Bonchev–Trinajstić information content (AvgIpc) is 3.27. The predicted molar refractivity (Wildman–Crippen MR) is 84.6 cm³/mol. The zero-order valence-corrected chi connectivity index (χ0v) is 14.2. The van der Waals surface area contributed by atoms with Crippen molar-refractivity contribution in [3.05, 3.63) is 0 Å². The van der Waals surface area contributed by atoms with Crippen molar-refractivity contribution in [1.29, 1.82) is 0 Å². The molecule has 0 spiro atoms. The SMILES string of the molecule is CC(NCC(=O)N1CCN(C(=O)OC(C)(C)C)CC1)C1CC1. The van der Waals surface area contributed by atoms with E-state index in [9.17, 15) is 9.59 Å². The van der Waals surface area contributed by atoms with E-state index in [1.54, 1.807) is 4.90 Å². The Labute approximate surface area is 133 Å². The highest BCUT2D eigenvalue weighted by Gasteiger charge is 2.30. The van der Waals surface area contributed by atoms with Gasteiger partial charge in [-0.1, -0.05) is 0 Å². The summed E-state index contributed by atoms with van der Waals surface area (Å²) >= 11 is 0. The number of nitrogens with zero attached hydrogens (tertiary/aromatic N) is 2. The summed E-state index contributed by atoms with van der Waals surface area (Å²) in [6, 6.07) is 0.423. The van der Waals surface area contributed by atoms with Gasteiger partial charge in [0.05, 0.1) is 6.54 Å².